The van der Waals surface area contributed by atoms with Crippen molar-refractivity contribution >= 4 is 34.2 Å². The normalized spacial score (nSPS) is 16.3. The van der Waals surface area contributed by atoms with Crippen LogP contribution in [-0.2, 0) is 17.5 Å². The molecule has 11 heteroatoms. The summed E-state index contributed by atoms with van der Waals surface area (Å²) in [6.07, 6.45) is -2.76. The number of aryl methyl sites for hydroxylation is 1. The number of anilines is 2. The molecule has 0 unspecified atom stereocenters. The van der Waals surface area contributed by atoms with E-state index in [1.54, 1.807) is 12.1 Å². The SMILES string of the molecule is CCN1CCN(Cc2ccc(NC(=O)c3ccc(C)c(-c4ccc5c(NC(=O)C6CC6)n[nH]c5c4)c3)cc2C(F)(F)F)CC1. The quantitative estimate of drug-likeness (QED) is 0.220. The van der Waals surface area contributed by atoms with Gasteiger partial charge in [0.1, 0.15) is 0 Å². The summed E-state index contributed by atoms with van der Waals surface area (Å²) in [6, 6.07) is 14.9. The van der Waals surface area contributed by atoms with Crippen molar-refractivity contribution in [3.05, 3.63) is 76.9 Å². The number of nitrogens with zero attached hydrogens (tertiary/aromatic N) is 3. The van der Waals surface area contributed by atoms with Gasteiger partial charge in [0.25, 0.3) is 5.91 Å². The number of likely N-dealkylation sites (N-methyl/N-ethyl adjacent to an activating group) is 1. The number of rotatable bonds is 8. The maximum atomic E-state index is 14.1. The van der Waals surface area contributed by atoms with Gasteiger partial charge in [0.2, 0.25) is 5.91 Å². The van der Waals surface area contributed by atoms with Crippen molar-refractivity contribution in [2.24, 2.45) is 5.92 Å². The highest BCUT2D eigenvalue weighted by Crippen LogP contribution is 2.36. The number of fused-ring (bicyclic) bond motifs is 1. The number of amides is 2. The lowest BCUT2D eigenvalue weighted by Crippen LogP contribution is -2.45. The molecule has 1 aliphatic carbocycles. The Hall–Kier alpha value is -4.22. The van der Waals surface area contributed by atoms with Gasteiger partial charge in [-0.25, -0.2) is 0 Å². The van der Waals surface area contributed by atoms with E-state index < -0.39 is 17.6 Å². The summed E-state index contributed by atoms with van der Waals surface area (Å²) in [5, 5.41) is 13.5. The molecule has 1 aromatic heterocycles. The van der Waals surface area contributed by atoms with Gasteiger partial charge in [-0.3, -0.25) is 19.6 Å². The fraction of sp³-hybridized carbons (Fsp3) is 0.364. The lowest BCUT2D eigenvalue weighted by molar-refractivity contribution is -0.138. The molecule has 0 atom stereocenters. The van der Waals surface area contributed by atoms with E-state index in [0.717, 1.165) is 66.1 Å². The van der Waals surface area contributed by atoms with E-state index in [2.05, 4.69) is 32.7 Å². The molecule has 2 heterocycles. The Labute approximate surface area is 253 Å². The van der Waals surface area contributed by atoms with Gasteiger partial charge in [0, 0.05) is 55.3 Å². The number of nitrogens with one attached hydrogen (secondary N) is 3. The number of piperazine rings is 1. The van der Waals surface area contributed by atoms with Gasteiger partial charge in [-0.2, -0.15) is 18.3 Å². The van der Waals surface area contributed by atoms with E-state index in [4.69, 9.17) is 0 Å². The van der Waals surface area contributed by atoms with E-state index in [1.165, 1.54) is 12.1 Å². The number of aromatic amines is 1. The zero-order valence-corrected chi connectivity index (χ0v) is 24.7. The van der Waals surface area contributed by atoms with Crippen LogP contribution in [0.5, 0.6) is 0 Å². The Kier molecular flexibility index (Phi) is 8.17. The standard InChI is InChI=1S/C33H35F3N6O2/c1-3-41-12-14-42(15-13-41)19-24-8-10-25(18-28(24)33(34,35)36)37-32(44)23-5-4-20(2)27(16-23)22-9-11-26-29(17-22)39-40-30(26)38-31(43)21-6-7-21/h4-5,8-11,16-18,21H,3,6-7,12-15,19H2,1-2H3,(H,37,44)(H2,38,39,40,43). The number of halogens is 3. The molecule has 4 aromatic rings. The minimum Gasteiger partial charge on any atom is -0.322 e. The largest absolute Gasteiger partial charge is 0.416 e. The summed E-state index contributed by atoms with van der Waals surface area (Å²) >= 11 is 0. The predicted molar refractivity (Wildman–Crippen MR) is 164 cm³/mol. The van der Waals surface area contributed by atoms with Crippen LogP contribution in [0.3, 0.4) is 0 Å². The van der Waals surface area contributed by atoms with Crippen molar-refractivity contribution in [2.45, 2.75) is 39.4 Å². The molecule has 2 fully saturated rings. The number of aromatic nitrogens is 2. The average molecular weight is 605 g/mol. The second kappa shape index (κ2) is 12.0. The summed E-state index contributed by atoms with van der Waals surface area (Å²) < 4.78 is 42.3. The molecule has 8 nitrogen and oxygen atoms in total. The molecule has 2 aliphatic rings. The topological polar surface area (TPSA) is 93.4 Å². The maximum absolute atomic E-state index is 14.1. The van der Waals surface area contributed by atoms with Gasteiger partial charge in [-0.05, 0) is 85.0 Å². The van der Waals surface area contributed by atoms with E-state index >= 15 is 0 Å². The molecule has 1 saturated carbocycles. The van der Waals surface area contributed by atoms with Gasteiger partial charge in [0.15, 0.2) is 5.82 Å². The first-order valence-corrected chi connectivity index (χ1v) is 14.9. The third kappa shape index (κ3) is 6.48. The summed E-state index contributed by atoms with van der Waals surface area (Å²) in [4.78, 5) is 29.8. The molecule has 3 aromatic carbocycles. The summed E-state index contributed by atoms with van der Waals surface area (Å²) in [7, 11) is 0. The first kappa shape index (κ1) is 29.8. The lowest BCUT2D eigenvalue weighted by atomic mass is 9.97. The zero-order valence-electron chi connectivity index (χ0n) is 24.7. The number of hydrogen-bond donors (Lipinski definition) is 3. The zero-order chi connectivity index (χ0) is 31.0. The molecule has 2 amide bonds. The van der Waals surface area contributed by atoms with Gasteiger partial charge < -0.3 is 15.5 Å². The molecule has 1 saturated heterocycles. The number of H-pyrrole nitrogens is 1. The van der Waals surface area contributed by atoms with Gasteiger partial charge >= 0.3 is 6.18 Å². The van der Waals surface area contributed by atoms with Crippen LogP contribution in [0.25, 0.3) is 22.0 Å². The summed E-state index contributed by atoms with van der Waals surface area (Å²) in [5.41, 5.74) is 3.15. The van der Waals surface area contributed by atoms with E-state index in [1.807, 2.05) is 36.1 Å². The van der Waals surface area contributed by atoms with Crippen LogP contribution in [0.15, 0.2) is 54.6 Å². The number of carbonyl (C=O) groups excluding carboxylic acids is 2. The Balaban J connectivity index is 1.19. The first-order chi connectivity index (χ1) is 21.1. The number of alkyl halides is 3. The minimum atomic E-state index is -4.55. The van der Waals surface area contributed by atoms with E-state index in [-0.39, 0.29) is 29.6 Å². The molecule has 230 valence electrons. The molecule has 6 rings (SSSR count). The van der Waals surface area contributed by atoms with E-state index in [9.17, 15) is 22.8 Å². The van der Waals surface area contributed by atoms with Gasteiger partial charge in [-0.15, -0.1) is 0 Å². The van der Waals surface area contributed by atoms with Crippen LogP contribution in [0, 0.1) is 12.8 Å². The Bertz CT molecular complexity index is 1700. The molecule has 3 N–H and O–H groups in total. The fourth-order valence-corrected chi connectivity index (χ4v) is 5.68. The second-order valence-corrected chi connectivity index (χ2v) is 11.7. The van der Waals surface area contributed by atoms with Crippen LogP contribution < -0.4 is 10.6 Å². The van der Waals surface area contributed by atoms with Crippen LogP contribution in [0.2, 0.25) is 0 Å². The third-order valence-electron chi connectivity index (χ3n) is 8.54. The van der Waals surface area contributed by atoms with Crippen molar-refractivity contribution in [3.63, 3.8) is 0 Å². The third-order valence-corrected chi connectivity index (χ3v) is 8.54. The summed E-state index contributed by atoms with van der Waals surface area (Å²) in [5.74, 6) is 0.00834. The highest BCUT2D eigenvalue weighted by atomic mass is 19.4. The van der Waals surface area contributed by atoms with Crippen LogP contribution >= 0.6 is 0 Å². The molecule has 1 aliphatic heterocycles. The average Bonchev–Trinajstić information content (AvgIpc) is 3.79. The Morgan fingerprint density at radius 3 is 2.41 bits per heavy atom. The van der Waals surface area contributed by atoms with Crippen LogP contribution in [0.1, 0.15) is 46.8 Å². The van der Waals surface area contributed by atoms with Crippen molar-refractivity contribution < 1.29 is 22.8 Å². The summed E-state index contributed by atoms with van der Waals surface area (Å²) in [6.45, 7) is 8.23. The molecular weight excluding hydrogens is 569 g/mol. The van der Waals surface area contributed by atoms with E-state index in [0.29, 0.717) is 24.5 Å². The number of hydrogen-bond acceptors (Lipinski definition) is 5. The van der Waals surface area contributed by atoms with Crippen molar-refractivity contribution in [2.75, 3.05) is 43.4 Å². The minimum absolute atomic E-state index is 0.0282. The predicted octanol–water partition coefficient (Wildman–Crippen LogP) is 6.30. The molecule has 0 radical (unpaired) electrons. The first-order valence-electron chi connectivity index (χ1n) is 14.9. The monoisotopic (exact) mass is 604 g/mol. The van der Waals surface area contributed by atoms with Crippen LogP contribution in [-0.4, -0.2) is 64.5 Å². The van der Waals surface area contributed by atoms with Crippen molar-refractivity contribution in [1.82, 2.24) is 20.0 Å². The maximum Gasteiger partial charge on any atom is 0.416 e. The number of benzene rings is 3. The number of carbonyl (C=O) groups is 2. The van der Waals surface area contributed by atoms with Crippen molar-refractivity contribution in [1.29, 1.82) is 0 Å². The lowest BCUT2D eigenvalue weighted by Gasteiger charge is -2.34. The van der Waals surface area contributed by atoms with Crippen molar-refractivity contribution in [3.8, 4) is 11.1 Å². The molecule has 0 spiro atoms. The van der Waals surface area contributed by atoms with Gasteiger partial charge in [-0.1, -0.05) is 25.1 Å². The highest BCUT2D eigenvalue weighted by molar-refractivity contribution is 6.06. The Morgan fingerprint density at radius 2 is 1.70 bits per heavy atom. The Morgan fingerprint density at radius 1 is 0.955 bits per heavy atom. The molecule has 44 heavy (non-hydrogen) atoms. The molecular formula is C33H35F3N6O2. The van der Waals surface area contributed by atoms with Crippen LogP contribution in [0.4, 0.5) is 24.7 Å². The fourth-order valence-electron chi connectivity index (χ4n) is 5.68. The van der Waals surface area contributed by atoms with Gasteiger partial charge in [0.05, 0.1) is 11.1 Å². The highest BCUT2D eigenvalue weighted by Gasteiger charge is 2.34. The smallest absolute Gasteiger partial charge is 0.322 e. The second-order valence-electron chi connectivity index (χ2n) is 11.7. The molecule has 0 bridgehead atoms.